The number of fused-ring (bicyclic) bond motifs is 1. The average Bonchev–Trinajstić information content (AvgIpc) is 2.77. The van der Waals surface area contributed by atoms with E-state index in [1.165, 1.54) is 12.1 Å². The zero-order valence-corrected chi connectivity index (χ0v) is 17.1. The van der Waals surface area contributed by atoms with Gasteiger partial charge in [-0.3, -0.25) is 4.79 Å². The molecule has 0 saturated carbocycles. The first-order valence-corrected chi connectivity index (χ1v) is 10.3. The van der Waals surface area contributed by atoms with Crippen LogP contribution in [0.1, 0.15) is 18.4 Å². The minimum atomic E-state index is -0.271. The van der Waals surface area contributed by atoms with Crippen molar-refractivity contribution in [2.24, 2.45) is 5.92 Å². The largest absolute Gasteiger partial charge is 0.489 e. The van der Waals surface area contributed by atoms with Crippen molar-refractivity contribution >= 4 is 5.91 Å². The minimum absolute atomic E-state index is 0.0736. The highest BCUT2D eigenvalue weighted by Crippen LogP contribution is 2.35. The van der Waals surface area contributed by atoms with Crippen LogP contribution in [0.5, 0.6) is 17.2 Å². The Morgan fingerprint density at radius 3 is 2.70 bits per heavy atom. The number of benzene rings is 2. The molecular formula is C23H27FN2O4. The number of piperidine rings is 1. The number of likely N-dealkylation sites (tertiary alicyclic amines) is 1. The first-order chi connectivity index (χ1) is 14.6. The molecule has 0 aliphatic carbocycles. The van der Waals surface area contributed by atoms with E-state index in [1.54, 1.807) is 18.2 Å². The number of nitrogens with one attached hydrogen (secondary N) is 1. The Balaban J connectivity index is 1.28. The molecule has 30 heavy (non-hydrogen) atoms. The van der Waals surface area contributed by atoms with E-state index in [2.05, 4.69) is 17.3 Å². The number of halogens is 1. The van der Waals surface area contributed by atoms with Gasteiger partial charge in [-0.15, -0.1) is 0 Å². The van der Waals surface area contributed by atoms with E-state index in [0.717, 1.165) is 31.5 Å². The summed E-state index contributed by atoms with van der Waals surface area (Å²) in [7, 11) is 2.08. The standard InChI is InChI=1S/C23H27FN2O4/c1-26-10-8-17(9-11-26)23(27)25-13-20-15-29-21-7-6-19(12-22(21)30-20)28-14-16-2-4-18(24)5-3-16/h2-7,12,17,20H,8-11,13-15H2,1H3,(H,25,27)/t20-/m1/s1. The number of carbonyl (C=O) groups excluding carboxylic acids is 1. The smallest absolute Gasteiger partial charge is 0.223 e. The molecule has 2 aliphatic rings. The fourth-order valence-electron chi connectivity index (χ4n) is 3.66. The number of carbonyl (C=O) groups is 1. The zero-order valence-electron chi connectivity index (χ0n) is 17.1. The van der Waals surface area contributed by atoms with Crippen molar-refractivity contribution in [3.63, 3.8) is 0 Å². The van der Waals surface area contributed by atoms with Crippen LogP contribution >= 0.6 is 0 Å². The van der Waals surface area contributed by atoms with Gasteiger partial charge >= 0.3 is 0 Å². The number of amides is 1. The first-order valence-electron chi connectivity index (χ1n) is 10.3. The summed E-state index contributed by atoms with van der Waals surface area (Å²) < 4.78 is 30.6. The van der Waals surface area contributed by atoms with Gasteiger partial charge in [-0.2, -0.15) is 0 Å². The quantitative estimate of drug-likeness (QED) is 0.788. The summed E-state index contributed by atoms with van der Waals surface area (Å²) in [6, 6.07) is 11.6. The Hall–Kier alpha value is -2.80. The summed E-state index contributed by atoms with van der Waals surface area (Å²) in [5, 5.41) is 3.01. The maximum atomic E-state index is 13.0. The third-order valence-electron chi connectivity index (χ3n) is 5.55. The topological polar surface area (TPSA) is 60.0 Å². The predicted octanol–water partition coefficient (Wildman–Crippen LogP) is 3.00. The van der Waals surface area contributed by atoms with Crippen molar-refractivity contribution in [2.75, 3.05) is 33.3 Å². The predicted molar refractivity (Wildman–Crippen MR) is 110 cm³/mol. The molecule has 160 valence electrons. The van der Waals surface area contributed by atoms with E-state index in [1.807, 2.05) is 12.1 Å². The van der Waals surface area contributed by atoms with Gasteiger partial charge in [-0.05, 0) is 62.8 Å². The molecule has 1 N–H and O–H groups in total. The Bertz CT molecular complexity index is 866. The van der Waals surface area contributed by atoms with E-state index in [4.69, 9.17) is 14.2 Å². The van der Waals surface area contributed by atoms with Crippen molar-refractivity contribution in [2.45, 2.75) is 25.6 Å². The van der Waals surface area contributed by atoms with Crippen LogP contribution in [-0.2, 0) is 11.4 Å². The van der Waals surface area contributed by atoms with Crippen LogP contribution in [0.15, 0.2) is 42.5 Å². The van der Waals surface area contributed by atoms with Crippen molar-refractivity contribution in [1.82, 2.24) is 10.2 Å². The number of rotatable bonds is 6. The maximum absolute atomic E-state index is 13.0. The lowest BCUT2D eigenvalue weighted by Crippen LogP contribution is -2.44. The first kappa shape index (κ1) is 20.5. The van der Waals surface area contributed by atoms with Crippen molar-refractivity contribution in [3.05, 3.63) is 53.8 Å². The van der Waals surface area contributed by atoms with E-state index < -0.39 is 0 Å². The fourth-order valence-corrected chi connectivity index (χ4v) is 3.66. The molecule has 4 rings (SSSR count). The molecule has 2 aliphatic heterocycles. The number of ether oxygens (including phenoxy) is 3. The van der Waals surface area contributed by atoms with Crippen LogP contribution in [0.3, 0.4) is 0 Å². The molecule has 2 aromatic rings. The summed E-state index contributed by atoms with van der Waals surface area (Å²) in [5.74, 6) is 1.78. The van der Waals surface area contributed by atoms with Crippen LogP contribution in [0.4, 0.5) is 4.39 Å². The minimum Gasteiger partial charge on any atom is -0.489 e. The Kier molecular flexibility index (Phi) is 6.38. The SMILES string of the molecule is CN1CCC(C(=O)NC[C@@H]2COc3ccc(OCc4ccc(F)cc4)cc3O2)CC1. The van der Waals surface area contributed by atoms with E-state index in [0.29, 0.717) is 37.0 Å². The third-order valence-corrected chi connectivity index (χ3v) is 5.55. The molecule has 0 radical (unpaired) electrons. The molecule has 0 bridgehead atoms. The maximum Gasteiger partial charge on any atom is 0.223 e. The second-order valence-electron chi connectivity index (χ2n) is 7.90. The zero-order chi connectivity index (χ0) is 20.9. The van der Waals surface area contributed by atoms with Gasteiger partial charge in [-0.25, -0.2) is 4.39 Å². The number of hydrogen-bond acceptors (Lipinski definition) is 5. The lowest BCUT2D eigenvalue weighted by molar-refractivity contribution is -0.126. The highest BCUT2D eigenvalue weighted by Gasteiger charge is 2.26. The second-order valence-corrected chi connectivity index (χ2v) is 7.90. The summed E-state index contributed by atoms with van der Waals surface area (Å²) >= 11 is 0. The second kappa shape index (κ2) is 9.34. The van der Waals surface area contributed by atoms with Crippen molar-refractivity contribution < 1.29 is 23.4 Å². The Labute approximate surface area is 175 Å². The highest BCUT2D eigenvalue weighted by molar-refractivity contribution is 5.78. The Morgan fingerprint density at radius 2 is 1.93 bits per heavy atom. The number of nitrogens with zero attached hydrogens (tertiary/aromatic N) is 1. The molecule has 0 aromatic heterocycles. The summed E-state index contributed by atoms with van der Waals surface area (Å²) in [5.41, 5.74) is 0.876. The molecule has 6 nitrogen and oxygen atoms in total. The lowest BCUT2D eigenvalue weighted by Gasteiger charge is -2.30. The monoisotopic (exact) mass is 414 g/mol. The van der Waals surface area contributed by atoms with Crippen molar-refractivity contribution in [1.29, 1.82) is 0 Å². The van der Waals surface area contributed by atoms with Crippen LogP contribution < -0.4 is 19.5 Å². The molecule has 1 fully saturated rings. The average molecular weight is 414 g/mol. The number of hydrogen-bond donors (Lipinski definition) is 1. The molecular weight excluding hydrogens is 387 g/mol. The summed E-state index contributed by atoms with van der Waals surface area (Å²) in [6.07, 6.45) is 1.53. The van der Waals surface area contributed by atoms with Gasteiger partial charge in [0.15, 0.2) is 11.5 Å². The van der Waals surface area contributed by atoms with Crippen LogP contribution in [0, 0.1) is 11.7 Å². The van der Waals surface area contributed by atoms with Crippen LogP contribution in [0.2, 0.25) is 0 Å². The molecule has 2 aromatic carbocycles. The third kappa shape index (κ3) is 5.21. The summed E-state index contributed by atoms with van der Waals surface area (Å²) in [4.78, 5) is 14.7. The summed E-state index contributed by atoms with van der Waals surface area (Å²) in [6.45, 7) is 3.03. The van der Waals surface area contributed by atoms with Gasteiger partial charge in [0.25, 0.3) is 0 Å². The van der Waals surface area contributed by atoms with Gasteiger partial charge < -0.3 is 24.4 Å². The van der Waals surface area contributed by atoms with Crippen LogP contribution in [-0.4, -0.2) is 50.2 Å². The van der Waals surface area contributed by atoms with Gasteiger partial charge in [0, 0.05) is 12.0 Å². The molecule has 1 amide bonds. The Morgan fingerprint density at radius 1 is 1.17 bits per heavy atom. The van der Waals surface area contributed by atoms with Gasteiger partial charge in [-0.1, -0.05) is 12.1 Å². The normalized spacial score (nSPS) is 19.3. The molecule has 1 saturated heterocycles. The molecule has 2 heterocycles. The van der Waals surface area contributed by atoms with Crippen molar-refractivity contribution in [3.8, 4) is 17.2 Å². The van der Waals surface area contributed by atoms with E-state index in [-0.39, 0.29) is 23.7 Å². The van der Waals surface area contributed by atoms with Gasteiger partial charge in [0.1, 0.15) is 30.9 Å². The molecule has 1 atom stereocenters. The van der Waals surface area contributed by atoms with E-state index >= 15 is 0 Å². The lowest BCUT2D eigenvalue weighted by atomic mass is 9.96. The molecule has 0 unspecified atom stereocenters. The molecule has 7 heteroatoms. The van der Waals surface area contributed by atoms with E-state index in [9.17, 15) is 9.18 Å². The highest BCUT2D eigenvalue weighted by atomic mass is 19.1. The van der Waals surface area contributed by atoms with Crippen LogP contribution in [0.25, 0.3) is 0 Å². The van der Waals surface area contributed by atoms with Gasteiger partial charge in [0.05, 0.1) is 6.54 Å². The van der Waals surface area contributed by atoms with Gasteiger partial charge in [0.2, 0.25) is 5.91 Å². The fraction of sp³-hybridized carbons (Fsp3) is 0.435. The molecule has 0 spiro atoms.